The zero-order valence-electron chi connectivity index (χ0n) is 14.4. The second-order valence-electron chi connectivity index (χ2n) is 5.83. The summed E-state index contributed by atoms with van der Waals surface area (Å²) >= 11 is 1.45. The Kier molecular flexibility index (Phi) is 7.08. The molecule has 0 fully saturated rings. The van der Waals surface area contributed by atoms with E-state index in [9.17, 15) is 18.4 Å². The molecule has 2 unspecified atom stereocenters. The van der Waals surface area contributed by atoms with Crippen molar-refractivity contribution in [3.63, 3.8) is 0 Å². The highest BCUT2D eigenvalue weighted by molar-refractivity contribution is 7.10. The van der Waals surface area contributed by atoms with Crippen LogP contribution in [0.3, 0.4) is 0 Å². The van der Waals surface area contributed by atoms with E-state index in [2.05, 4.69) is 10.6 Å². The Balaban J connectivity index is 1.86. The van der Waals surface area contributed by atoms with E-state index >= 15 is 0 Å². The van der Waals surface area contributed by atoms with Gasteiger partial charge in [0.05, 0.1) is 18.5 Å². The van der Waals surface area contributed by atoms with E-state index in [1.54, 1.807) is 6.92 Å². The van der Waals surface area contributed by atoms with Gasteiger partial charge in [-0.3, -0.25) is 9.59 Å². The number of ether oxygens (including phenoxy) is 1. The number of benzene rings is 1. The van der Waals surface area contributed by atoms with Crippen LogP contribution < -0.4 is 15.4 Å². The van der Waals surface area contributed by atoms with Crippen molar-refractivity contribution in [3.8, 4) is 5.75 Å². The van der Waals surface area contributed by atoms with Gasteiger partial charge in [-0.05, 0) is 30.5 Å². The monoisotopic (exact) mass is 382 g/mol. The third-order valence-electron chi connectivity index (χ3n) is 3.44. The van der Waals surface area contributed by atoms with Crippen LogP contribution in [0, 0.1) is 11.6 Å². The van der Waals surface area contributed by atoms with Crippen molar-refractivity contribution in [2.75, 3.05) is 6.61 Å². The van der Waals surface area contributed by atoms with E-state index < -0.39 is 23.7 Å². The SMILES string of the molecule is CC(=O)NC(CC(=O)NC(C)COc1ccc(F)cc1F)c1cccs1. The Labute approximate surface area is 154 Å². The zero-order valence-corrected chi connectivity index (χ0v) is 15.2. The van der Waals surface area contributed by atoms with Crippen LogP contribution in [0.5, 0.6) is 5.75 Å². The molecular formula is C18H20F2N2O3S. The minimum atomic E-state index is -0.799. The van der Waals surface area contributed by atoms with Gasteiger partial charge in [-0.25, -0.2) is 8.78 Å². The van der Waals surface area contributed by atoms with Gasteiger partial charge in [-0.1, -0.05) is 6.07 Å². The lowest BCUT2D eigenvalue weighted by atomic mass is 10.1. The van der Waals surface area contributed by atoms with Gasteiger partial charge in [0.2, 0.25) is 11.8 Å². The summed E-state index contributed by atoms with van der Waals surface area (Å²) < 4.78 is 31.7. The minimum Gasteiger partial charge on any atom is -0.488 e. The molecule has 5 nitrogen and oxygen atoms in total. The first-order valence-corrected chi connectivity index (χ1v) is 8.91. The van der Waals surface area contributed by atoms with Crippen molar-refractivity contribution in [2.24, 2.45) is 0 Å². The lowest BCUT2D eigenvalue weighted by molar-refractivity contribution is -0.123. The molecule has 1 aromatic heterocycles. The summed E-state index contributed by atoms with van der Waals surface area (Å²) in [7, 11) is 0. The van der Waals surface area contributed by atoms with Crippen molar-refractivity contribution < 1.29 is 23.1 Å². The average molecular weight is 382 g/mol. The molecule has 1 heterocycles. The van der Waals surface area contributed by atoms with Crippen molar-refractivity contribution in [1.29, 1.82) is 0 Å². The van der Waals surface area contributed by atoms with Crippen LogP contribution in [-0.2, 0) is 9.59 Å². The van der Waals surface area contributed by atoms with E-state index in [0.717, 1.165) is 17.0 Å². The molecule has 0 saturated heterocycles. The molecule has 2 amide bonds. The molecule has 0 saturated carbocycles. The van der Waals surface area contributed by atoms with E-state index in [1.165, 1.54) is 24.3 Å². The highest BCUT2D eigenvalue weighted by atomic mass is 32.1. The molecule has 0 radical (unpaired) electrons. The number of hydrogen-bond donors (Lipinski definition) is 2. The number of rotatable bonds is 8. The maximum atomic E-state index is 13.5. The number of carbonyl (C=O) groups is 2. The summed E-state index contributed by atoms with van der Waals surface area (Å²) in [6.45, 7) is 3.13. The normalized spacial score (nSPS) is 12.9. The summed E-state index contributed by atoms with van der Waals surface area (Å²) in [4.78, 5) is 24.5. The van der Waals surface area contributed by atoms with Crippen molar-refractivity contribution in [3.05, 3.63) is 52.2 Å². The second kappa shape index (κ2) is 9.28. The first kappa shape index (κ1) is 19.8. The van der Waals surface area contributed by atoms with Crippen LogP contribution >= 0.6 is 11.3 Å². The molecule has 1 aromatic carbocycles. The first-order chi connectivity index (χ1) is 12.3. The van der Waals surface area contributed by atoms with Crippen LogP contribution in [0.1, 0.15) is 31.2 Å². The molecule has 26 heavy (non-hydrogen) atoms. The lowest BCUT2D eigenvalue weighted by Crippen LogP contribution is -2.39. The first-order valence-electron chi connectivity index (χ1n) is 8.03. The summed E-state index contributed by atoms with van der Waals surface area (Å²) in [5.41, 5.74) is 0. The molecule has 0 aliphatic rings. The van der Waals surface area contributed by atoms with Gasteiger partial charge in [0.25, 0.3) is 0 Å². The van der Waals surface area contributed by atoms with Crippen LogP contribution in [-0.4, -0.2) is 24.5 Å². The maximum absolute atomic E-state index is 13.5. The minimum absolute atomic E-state index is 0.0259. The standard InChI is InChI=1S/C18H20F2N2O3S/c1-11(10-25-16-6-5-13(19)8-14(16)20)21-18(24)9-15(22-12(2)23)17-4-3-7-26-17/h3-8,11,15H,9-10H2,1-2H3,(H,21,24)(H,22,23). The number of nitrogens with one attached hydrogen (secondary N) is 2. The Morgan fingerprint density at radius 3 is 2.62 bits per heavy atom. The van der Waals surface area contributed by atoms with Crippen LogP contribution in [0.4, 0.5) is 8.78 Å². The summed E-state index contributed by atoms with van der Waals surface area (Å²) in [6.07, 6.45) is 0.0787. The van der Waals surface area contributed by atoms with Gasteiger partial charge < -0.3 is 15.4 Å². The predicted octanol–water partition coefficient (Wildman–Crippen LogP) is 3.18. The second-order valence-corrected chi connectivity index (χ2v) is 6.81. The molecular weight excluding hydrogens is 362 g/mol. The molecule has 8 heteroatoms. The van der Waals surface area contributed by atoms with Gasteiger partial charge in [-0.2, -0.15) is 0 Å². The van der Waals surface area contributed by atoms with Crippen LogP contribution in [0.25, 0.3) is 0 Å². The number of amides is 2. The van der Waals surface area contributed by atoms with Crippen LogP contribution in [0.15, 0.2) is 35.7 Å². The number of hydrogen-bond acceptors (Lipinski definition) is 4. The molecule has 140 valence electrons. The Hall–Kier alpha value is -2.48. The predicted molar refractivity (Wildman–Crippen MR) is 95.0 cm³/mol. The third-order valence-corrected chi connectivity index (χ3v) is 4.43. The topological polar surface area (TPSA) is 67.4 Å². The zero-order chi connectivity index (χ0) is 19.1. The highest BCUT2D eigenvalue weighted by Crippen LogP contribution is 2.22. The fourth-order valence-corrected chi connectivity index (χ4v) is 3.10. The third kappa shape index (κ3) is 6.11. The molecule has 0 spiro atoms. The van der Waals surface area contributed by atoms with Crippen molar-refractivity contribution in [1.82, 2.24) is 10.6 Å². The fourth-order valence-electron chi connectivity index (χ4n) is 2.33. The largest absolute Gasteiger partial charge is 0.488 e. The van der Waals surface area contributed by atoms with E-state index in [4.69, 9.17) is 4.74 Å². The fraction of sp³-hybridized carbons (Fsp3) is 0.333. The van der Waals surface area contributed by atoms with Gasteiger partial charge >= 0.3 is 0 Å². The number of carbonyl (C=O) groups excluding carboxylic acids is 2. The molecule has 0 aliphatic heterocycles. The molecule has 0 aliphatic carbocycles. The summed E-state index contributed by atoms with van der Waals surface area (Å²) in [5, 5.41) is 7.36. The Bertz CT molecular complexity index is 753. The smallest absolute Gasteiger partial charge is 0.222 e. The lowest BCUT2D eigenvalue weighted by Gasteiger charge is -2.19. The van der Waals surface area contributed by atoms with Gasteiger partial charge in [0.15, 0.2) is 11.6 Å². The number of halogens is 2. The average Bonchev–Trinajstić information content (AvgIpc) is 3.07. The summed E-state index contributed by atoms with van der Waals surface area (Å²) in [6, 6.07) is 5.92. The molecule has 0 bridgehead atoms. The molecule has 2 N–H and O–H groups in total. The Morgan fingerprint density at radius 1 is 1.23 bits per heavy atom. The summed E-state index contributed by atoms with van der Waals surface area (Å²) in [5.74, 6) is -2.06. The molecule has 2 rings (SSSR count). The highest BCUT2D eigenvalue weighted by Gasteiger charge is 2.19. The van der Waals surface area contributed by atoms with E-state index in [0.29, 0.717) is 0 Å². The number of thiophene rings is 1. The van der Waals surface area contributed by atoms with Gasteiger partial charge in [0.1, 0.15) is 12.4 Å². The van der Waals surface area contributed by atoms with Crippen molar-refractivity contribution >= 4 is 23.2 Å². The van der Waals surface area contributed by atoms with Crippen LogP contribution in [0.2, 0.25) is 0 Å². The van der Waals surface area contributed by atoms with E-state index in [1.807, 2.05) is 17.5 Å². The Morgan fingerprint density at radius 2 is 2.00 bits per heavy atom. The van der Waals surface area contributed by atoms with Gasteiger partial charge in [-0.15, -0.1) is 11.3 Å². The molecule has 2 atom stereocenters. The van der Waals surface area contributed by atoms with E-state index in [-0.39, 0.29) is 30.6 Å². The van der Waals surface area contributed by atoms with Crippen molar-refractivity contribution in [2.45, 2.75) is 32.4 Å². The quantitative estimate of drug-likeness (QED) is 0.737. The maximum Gasteiger partial charge on any atom is 0.222 e. The van der Waals surface area contributed by atoms with Gasteiger partial charge in [0, 0.05) is 17.9 Å². The molecule has 2 aromatic rings.